The monoisotopic (exact) mass is 256 g/mol. The Balaban J connectivity index is 2.22. The number of benzene rings is 1. The van der Waals surface area contributed by atoms with Crippen LogP contribution in [0.1, 0.15) is 0 Å². The molecule has 0 N–H and O–H groups in total. The molecule has 0 aliphatic heterocycles. The van der Waals surface area contributed by atoms with Crippen molar-refractivity contribution in [1.82, 2.24) is 9.97 Å². The van der Waals surface area contributed by atoms with Crippen molar-refractivity contribution in [2.24, 2.45) is 0 Å². The molecule has 0 saturated heterocycles. The van der Waals surface area contributed by atoms with Crippen LogP contribution in [-0.4, -0.2) is 9.97 Å². The molecule has 0 fully saturated rings. The quantitative estimate of drug-likeness (QED) is 0.815. The van der Waals surface area contributed by atoms with Crippen LogP contribution in [0.3, 0.4) is 0 Å². The van der Waals surface area contributed by atoms with Crippen LogP contribution in [0.4, 0.5) is 0 Å². The van der Waals surface area contributed by atoms with Crippen molar-refractivity contribution in [3.05, 3.63) is 46.8 Å². The minimum atomic E-state index is 0.391. The van der Waals surface area contributed by atoms with Gasteiger partial charge in [-0.25, -0.2) is 4.98 Å². The first-order valence-electron chi connectivity index (χ1n) is 4.15. The number of hydrogen-bond acceptors (Lipinski definition) is 3. The molecule has 1 aromatic carbocycles. The summed E-state index contributed by atoms with van der Waals surface area (Å²) in [5.74, 6) is 0. The Morgan fingerprint density at radius 2 is 2.00 bits per heavy atom. The van der Waals surface area contributed by atoms with Gasteiger partial charge in [-0.15, -0.1) is 0 Å². The molecule has 0 bridgehead atoms. The summed E-state index contributed by atoms with van der Waals surface area (Å²) in [5.41, 5.74) is 0. The Morgan fingerprint density at radius 1 is 1.13 bits per heavy atom. The SMILES string of the molecule is Clc1cccc(Sc2cncc(Cl)n2)c1. The summed E-state index contributed by atoms with van der Waals surface area (Å²) < 4.78 is 0. The van der Waals surface area contributed by atoms with Gasteiger partial charge in [0.15, 0.2) is 0 Å². The van der Waals surface area contributed by atoms with E-state index < -0.39 is 0 Å². The lowest BCUT2D eigenvalue weighted by atomic mass is 10.4. The summed E-state index contributed by atoms with van der Waals surface area (Å²) in [4.78, 5) is 9.09. The second-order valence-electron chi connectivity index (χ2n) is 2.74. The molecule has 0 spiro atoms. The van der Waals surface area contributed by atoms with Gasteiger partial charge < -0.3 is 0 Å². The molecule has 0 radical (unpaired) electrons. The highest BCUT2D eigenvalue weighted by Gasteiger charge is 2.00. The van der Waals surface area contributed by atoms with Crippen LogP contribution in [0.5, 0.6) is 0 Å². The average molecular weight is 257 g/mol. The summed E-state index contributed by atoms with van der Waals surface area (Å²) >= 11 is 13.1. The third kappa shape index (κ3) is 3.09. The molecular formula is C10H6Cl2N2S. The van der Waals surface area contributed by atoms with Gasteiger partial charge in [-0.3, -0.25) is 4.98 Å². The second-order valence-corrected chi connectivity index (χ2v) is 4.66. The highest BCUT2D eigenvalue weighted by molar-refractivity contribution is 7.99. The lowest BCUT2D eigenvalue weighted by Crippen LogP contribution is -1.82. The van der Waals surface area contributed by atoms with Gasteiger partial charge in [0, 0.05) is 9.92 Å². The van der Waals surface area contributed by atoms with Gasteiger partial charge in [0.05, 0.1) is 12.4 Å². The molecule has 76 valence electrons. The fourth-order valence-corrected chi connectivity index (χ4v) is 2.31. The molecule has 1 aromatic heterocycles. The Bertz CT molecular complexity index is 433. The van der Waals surface area contributed by atoms with Crippen LogP contribution in [0.25, 0.3) is 0 Å². The van der Waals surface area contributed by atoms with Crippen LogP contribution in [0.15, 0.2) is 46.6 Å². The number of halogens is 2. The van der Waals surface area contributed by atoms with Crippen molar-refractivity contribution in [2.45, 2.75) is 9.92 Å². The summed E-state index contributed by atoms with van der Waals surface area (Å²) in [6, 6.07) is 7.55. The topological polar surface area (TPSA) is 25.8 Å². The summed E-state index contributed by atoms with van der Waals surface area (Å²) in [5, 5.41) is 1.85. The van der Waals surface area contributed by atoms with Crippen molar-refractivity contribution in [1.29, 1.82) is 0 Å². The number of aromatic nitrogens is 2. The molecule has 5 heteroatoms. The van der Waals surface area contributed by atoms with Crippen LogP contribution < -0.4 is 0 Å². The van der Waals surface area contributed by atoms with Gasteiger partial charge in [0.2, 0.25) is 0 Å². The molecule has 1 heterocycles. The maximum absolute atomic E-state index is 5.87. The van der Waals surface area contributed by atoms with Crippen LogP contribution in [-0.2, 0) is 0 Å². The fraction of sp³-hybridized carbons (Fsp3) is 0. The molecular weight excluding hydrogens is 251 g/mol. The Hall–Kier alpha value is -0.770. The Morgan fingerprint density at radius 3 is 2.73 bits per heavy atom. The molecule has 0 aliphatic carbocycles. The first-order valence-corrected chi connectivity index (χ1v) is 5.72. The van der Waals surface area contributed by atoms with Crippen molar-refractivity contribution < 1.29 is 0 Å². The minimum Gasteiger partial charge on any atom is -0.259 e. The van der Waals surface area contributed by atoms with E-state index in [0.29, 0.717) is 10.2 Å². The molecule has 0 atom stereocenters. The third-order valence-corrected chi connectivity index (χ3v) is 2.91. The van der Waals surface area contributed by atoms with E-state index in [-0.39, 0.29) is 0 Å². The molecule has 2 rings (SSSR count). The lowest BCUT2D eigenvalue weighted by Gasteiger charge is -2.00. The number of hydrogen-bond donors (Lipinski definition) is 0. The average Bonchev–Trinajstić information content (AvgIpc) is 2.17. The van der Waals surface area contributed by atoms with Crippen LogP contribution in [0.2, 0.25) is 10.2 Å². The van der Waals surface area contributed by atoms with Gasteiger partial charge in [-0.2, -0.15) is 0 Å². The smallest absolute Gasteiger partial charge is 0.148 e. The first kappa shape index (κ1) is 10.7. The zero-order chi connectivity index (χ0) is 10.7. The van der Waals surface area contributed by atoms with E-state index in [4.69, 9.17) is 23.2 Å². The molecule has 15 heavy (non-hydrogen) atoms. The van der Waals surface area contributed by atoms with E-state index >= 15 is 0 Å². The lowest BCUT2D eigenvalue weighted by molar-refractivity contribution is 1.06. The third-order valence-electron chi connectivity index (χ3n) is 1.60. The summed E-state index contributed by atoms with van der Waals surface area (Å²) in [7, 11) is 0. The summed E-state index contributed by atoms with van der Waals surface area (Å²) in [6.45, 7) is 0. The van der Waals surface area contributed by atoms with Crippen LogP contribution >= 0.6 is 35.0 Å². The van der Waals surface area contributed by atoms with Crippen LogP contribution in [0, 0.1) is 0 Å². The molecule has 2 aromatic rings. The van der Waals surface area contributed by atoms with Gasteiger partial charge in [-0.05, 0) is 18.2 Å². The molecule has 0 saturated carbocycles. The maximum atomic E-state index is 5.87. The first-order chi connectivity index (χ1) is 7.24. The predicted molar refractivity (Wildman–Crippen MR) is 62.6 cm³/mol. The molecule has 0 amide bonds. The maximum Gasteiger partial charge on any atom is 0.148 e. The zero-order valence-electron chi connectivity index (χ0n) is 7.52. The van der Waals surface area contributed by atoms with Crippen molar-refractivity contribution >= 4 is 35.0 Å². The highest BCUT2D eigenvalue weighted by Crippen LogP contribution is 2.27. The highest BCUT2D eigenvalue weighted by atomic mass is 35.5. The van der Waals surface area contributed by atoms with Gasteiger partial charge >= 0.3 is 0 Å². The largest absolute Gasteiger partial charge is 0.259 e. The van der Waals surface area contributed by atoms with Gasteiger partial charge in [-0.1, -0.05) is 41.0 Å². The number of rotatable bonds is 2. The number of nitrogens with zero attached hydrogens (tertiary/aromatic N) is 2. The van der Waals surface area contributed by atoms with E-state index in [0.717, 1.165) is 9.92 Å². The Kier molecular flexibility index (Phi) is 3.46. The summed E-state index contributed by atoms with van der Waals surface area (Å²) in [6.07, 6.45) is 3.17. The standard InChI is InChI=1S/C10H6Cl2N2S/c11-7-2-1-3-8(4-7)15-10-6-13-5-9(12)14-10/h1-6H. The van der Waals surface area contributed by atoms with Crippen molar-refractivity contribution in [3.63, 3.8) is 0 Å². The molecule has 2 nitrogen and oxygen atoms in total. The Labute approximate surface area is 102 Å². The zero-order valence-corrected chi connectivity index (χ0v) is 9.85. The molecule has 0 unspecified atom stereocenters. The van der Waals surface area contributed by atoms with E-state index in [1.165, 1.54) is 18.0 Å². The van der Waals surface area contributed by atoms with E-state index in [2.05, 4.69) is 9.97 Å². The van der Waals surface area contributed by atoms with E-state index in [1.54, 1.807) is 6.20 Å². The normalized spacial score (nSPS) is 10.3. The second kappa shape index (κ2) is 4.84. The predicted octanol–water partition coefficient (Wildman–Crippen LogP) is 3.93. The van der Waals surface area contributed by atoms with Gasteiger partial charge in [0.25, 0.3) is 0 Å². The van der Waals surface area contributed by atoms with Crippen molar-refractivity contribution in [2.75, 3.05) is 0 Å². The minimum absolute atomic E-state index is 0.391. The van der Waals surface area contributed by atoms with E-state index in [1.807, 2.05) is 24.3 Å². The van der Waals surface area contributed by atoms with E-state index in [9.17, 15) is 0 Å². The van der Waals surface area contributed by atoms with Crippen molar-refractivity contribution in [3.8, 4) is 0 Å². The fourth-order valence-electron chi connectivity index (χ4n) is 1.03. The van der Waals surface area contributed by atoms with Gasteiger partial charge in [0.1, 0.15) is 10.2 Å². The molecule has 0 aliphatic rings.